The number of ether oxygens (including phenoxy) is 2. The number of halogens is 3. The summed E-state index contributed by atoms with van der Waals surface area (Å²) in [7, 11) is 0. The summed E-state index contributed by atoms with van der Waals surface area (Å²) in [5.74, 6) is 0.380. The SMILES string of the molecule is CC(Nc1cc2c(cc1F)-c1nc(N3C(=C=O)OC[C@H]3C(F)F)cn1CCO2)C(N)=O. The Morgan fingerprint density at radius 1 is 1.39 bits per heavy atom. The van der Waals surface area contributed by atoms with Crippen LogP contribution in [0.5, 0.6) is 5.75 Å². The van der Waals surface area contributed by atoms with E-state index in [0.717, 1.165) is 4.90 Å². The monoisotopic (exact) mass is 437 g/mol. The second-order valence-corrected chi connectivity index (χ2v) is 7.05. The lowest BCUT2D eigenvalue weighted by atomic mass is 10.1. The zero-order valence-corrected chi connectivity index (χ0v) is 16.3. The minimum absolute atomic E-state index is 0.0159. The molecular weight excluding hydrogens is 419 g/mol. The number of rotatable bonds is 5. The van der Waals surface area contributed by atoms with E-state index < -0.39 is 30.2 Å². The third kappa shape index (κ3) is 3.66. The minimum Gasteiger partial charge on any atom is -0.491 e. The Balaban J connectivity index is 1.75. The molecule has 2 atom stereocenters. The summed E-state index contributed by atoms with van der Waals surface area (Å²) in [5, 5.41) is 2.67. The standard InChI is InChI=1S/C19H18F3N5O4/c1-9(18(23)29)24-12-5-14-10(4-11(12)20)19-25-15(6-26(19)2-3-30-14)27-13(17(21)22)8-31-16(27)7-28/h4-6,9,13,17,24H,2-3,8H2,1H3,(H2,23,29)/t9?,13-/m0/s1. The number of carbonyl (C=O) groups is 1. The van der Waals surface area contributed by atoms with Crippen LogP contribution in [0.4, 0.5) is 24.7 Å². The minimum atomic E-state index is -2.79. The van der Waals surface area contributed by atoms with E-state index in [-0.39, 0.29) is 47.7 Å². The molecule has 1 saturated heterocycles. The lowest BCUT2D eigenvalue weighted by Crippen LogP contribution is -2.36. The van der Waals surface area contributed by atoms with Crippen LogP contribution < -0.4 is 20.7 Å². The molecule has 1 aromatic heterocycles. The number of alkyl halides is 2. The number of carbonyl (C=O) groups excluding carboxylic acids is 2. The van der Waals surface area contributed by atoms with Gasteiger partial charge in [-0.05, 0) is 13.0 Å². The van der Waals surface area contributed by atoms with Gasteiger partial charge in [-0.3, -0.25) is 9.69 Å². The number of fused-ring (bicyclic) bond motifs is 3. The number of aromatic nitrogens is 2. The lowest BCUT2D eigenvalue weighted by molar-refractivity contribution is -0.118. The average Bonchev–Trinajstić information content (AvgIpc) is 3.30. The maximum Gasteiger partial charge on any atom is 0.284 e. The number of amides is 1. The summed E-state index contributed by atoms with van der Waals surface area (Å²) in [6.07, 6.45) is -1.32. The summed E-state index contributed by atoms with van der Waals surface area (Å²) in [6, 6.07) is 0.332. The summed E-state index contributed by atoms with van der Waals surface area (Å²) >= 11 is 0. The quantitative estimate of drug-likeness (QED) is 0.682. The Kier molecular flexibility index (Phi) is 5.24. The highest BCUT2D eigenvalue weighted by Crippen LogP contribution is 2.38. The topological polar surface area (TPSA) is 112 Å². The molecule has 0 radical (unpaired) electrons. The van der Waals surface area contributed by atoms with Crippen molar-refractivity contribution >= 4 is 23.4 Å². The van der Waals surface area contributed by atoms with Crippen LogP contribution in [-0.4, -0.2) is 53.1 Å². The molecule has 1 fully saturated rings. The van der Waals surface area contributed by atoms with Crippen molar-refractivity contribution in [1.29, 1.82) is 0 Å². The summed E-state index contributed by atoms with van der Waals surface area (Å²) in [4.78, 5) is 27.8. The Hall–Kier alpha value is -3.66. The van der Waals surface area contributed by atoms with E-state index in [1.54, 1.807) is 4.57 Å². The van der Waals surface area contributed by atoms with Crippen molar-refractivity contribution < 1.29 is 32.2 Å². The molecule has 1 amide bonds. The van der Waals surface area contributed by atoms with Crippen molar-refractivity contribution in [3.63, 3.8) is 0 Å². The van der Waals surface area contributed by atoms with E-state index in [1.807, 2.05) is 0 Å². The number of imidazole rings is 1. The Bertz CT molecular complexity index is 1080. The highest BCUT2D eigenvalue weighted by Gasteiger charge is 2.40. The van der Waals surface area contributed by atoms with E-state index in [9.17, 15) is 22.8 Å². The van der Waals surface area contributed by atoms with Gasteiger partial charge in [-0.2, -0.15) is 0 Å². The molecule has 164 valence electrons. The molecule has 2 aliphatic heterocycles. The number of primary amides is 1. The second-order valence-electron chi connectivity index (χ2n) is 7.05. The van der Waals surface area contributed by atoms with Crippen molar-refractivity contribution in [3.05, 3.63) is 30.0 Å². The van der Waals surface area contributed by atoms with Crippen molar-refractivity contribution in [3.8, 4) is 17.1 Å². The van der Waals surface area contributed by atoms with Crippen LogP contribution in [0, 0.1) is 5.82 Å². The van der Waals surface area contributed by atoms with Gasteiger partial charge in [0.15, 0.2) is 11.8 Å². The third-order valence-electron chi connectivity index (χ3n) is 5.03. The maximum atomic E-state index is 14.7. The number of benzene rings is 1. The smallest absolute Gasteiger partial charge is 0.284 e. The largest absolute Gasteiger partial charge is 0.491 e. The van der Waals surface area contributed by atoms with Crippen molar-refractivity contribution in [2.24, 2.45) is 5.73 Å². The zero-order valence-electron chi connectivity index (χ0n) is 16.3. The van der Waals surface area contributed by atoms with Crippen molar-refractivity contribution in [2.45, 2.75) is 32.0 Å². The third-order valence-corrected chi connectivity index (χ3v) is 5.03. The first-order chi connectivity index (χ1) is 14.8. The van der Waals surface area contributed by atoms with Crippen LogP contribution in [0.25, 0.3) is 11.4 Å². The van der Waals surface area contributed by atoms with Crippen LogP contribution in [0.1, 0.15) is 6.92 Å². The van der Waals surface area contributed by atoms with Gasteiger partial charge in [-0.1, -0.05) is 0 Å². The van der Waals surface area contributed by atoms with E-state index in [1.165, 1.54) is 31.2 Å². The molecule has 4 rings (SSSR count). The lowest BCUT2D eigenvalue weighted by Gasteiger charge is -2.19. The first kappa shape index (κ1) is 20.6. The van der Waals surface area contributed by atoms with Crippen LogP contribution in [-0.2, 0) is 20.9 Å². The number of nitrogens with zero attached hydrogens (tertiary/aromatic N) is 3. The Morgan fingerprint density at radius 3 is 2.84 bits per heavy atom. The molecular formula is C19H18F3N5O4. The molecule has 2 aromatic rings. The van der Waals surface area contributed by atoms with E-state index in [2.05, 4.69) is 10.3 Å². The molecule has 0 spiro atoms. The first-order valence-corrected chi connectivity index (χ1v) is 9.35. The van der Waals surface area contributed by atoms with Gasteiger partial charge >= 0.3 is 0 Å². The average molecular weight is 437 g/mol. The Morgan fingerprint density at radius 2 is 2.16 bits per heavy atom. The molecule has 0 aliphatic carbocycles. The molecule has 31 heavy (non-hydrogen) atoms. The second kappa shape index (κ2) is 7.88. The van der Waals surface area contributed by atoms with Gasteiger partial charge in [0.25, 0.3) is 12.3 Å². The normalized spacial score (nSPS) is 18.4. The molecule has 12 heteroatoms. The first-order valence-electron chi connectivity index (χ1n) is 9.35. The molecule has 3 N–H and O–H groups in total. The number of nitrogens with two attached hydrogens (primary N) is 1. The summed E-state index contributed by atoms with van der Waals surface area (Å²) < 4.78 is 53.9. The predicted molar refractivity (Wildman–Crippen MR) is 103 cm³/mol. The Labute approximate surface area is 174 Å². The fourth-order valence-corrected chi connectivity index (χ4v) is 3.42. The van der Waals surface area contributed by atoms with Gasteiger partial charge in [0.05, 0.1) is 17.8 Å². The maximum absolute atomic E-state index is 14.7. The summed E-state index contributed by atoms with van der Waals surface area (Å²) in [6.45, 7) is 1.60. The number of nitrogens with one attached hydrogen (secondary N) is 1. The van der Waals surface area contributed by atoms with Gasteiger partial charge in [-0.25, -0.2) is 22.9 Å². The van der Waals surface area contributed by atoms with Gasteiger partial charge in [0, 0.05) is 12.3 Å². The highest BCUT2D eigenvalue weighted by molar-refractivity contribution is 5.83. The van der Waals surface area contributed by atoms with Gasteiger partial charge in [0.1, 0.15) is 42.7 Å². The fraction of sp³-hybridized carbons (Fsp3) is 0.368. The molecule has 1 aromatic carbocycles. The number of hydrogen-bond acceptors (Lipinski definition) is 7. The van der Waals surface area contributed by atoms with Gasteiger partial charge < -0.3 is 25.1 Å². The highest BCUT2D eigenvalue weighted by atomic mass is 19.3. The van der Waals surface area contributed by atoms with Crippen molar-refractivity contribution in [2.75, 3.05) is 23.4 Å². The summed E-state index contributed by atoms with van der Waals surface area (Å²) in [5.41, 5.74) is 5.51. The van der Waals surface area contributed by atoms with E-state index >= 15 is 0 Å². The molecule has 2 aliphatic rings. The fourth-order valence-electron chi connectivity index (χ4n) is 3.42. The van der Waals surface area contributed by atoms with Crippen LogP contribution in [0.2, 0.25) is 0 Å². The molecule has 0 saturated carbocycles. The number of anilines is 2. The van der Waals surface area contributed by atoms with Crippen LogP contribution in [0.3, 0.4) is 0 Å². The van der Waals surface area contributed by atoms with E-state index in [0.29, 0.717) is 6.54 Å². The number of hydrogen-bond donors (Lipinski definition) is 2. The van der Waals surface area contributed by atoms with Crippen molar-refractivity contribution in [1.82, 2.24) is 9.55 Å². The van der Waals surface area contributed by atoms with Crippen LogP contribution in [0.15, 0.2) is 24.2 Å². The van der Waals surface area contributed by atoms with Crippen LogP contribution >= 0.6 is 0 Å². The molecule has 3 heterocycles. The predicted octanol–water partition coefficient (Wildman–Crippen LogP) is 1.51. The van der Waals surface area contributed by atoms with Gasteiger partial charge in [0.2, 0.25) is 5.91 Å². The van der Waals surface area contributed by atoms with E-state index in [4.69, 9.17) is 15.2 Å². The molecule has 9 nitrogen and oxygen atoms in total. The molecule has 1 unspecified atom stereocenters. The van der Waals surface area contributed by atoms with Gasteiger partial charge in [-0.15, -0.1) is 0 Å². The molecule has 0 bridgehead atoms. The zero-order chi connectivity index (χ0) is 22.3.